The van der Waals surface area contributed by atoms with Crippen LogP contribution in [0.3, 0.4) is 0 Å². The van der Waals surface area contributed by atoms with Gasteiger partial charge in [0.15, 0.2) is 0 Å². The summed E-state index contributed by atoms with van der Waals surface area (Å²) in [4.78, 5) is 8.73. The highest BCUT2D eigenvalue weighted by Crippen LogP contribution is 2.47. The fourth-order valence-electron chi connectivity index (χ4n) is 4.74. The second-order valence-corrected chi connectivity index (χ2v) is 9.27. The van der Waals surface area contributed by atoms with Crippen LogP contribution in [0.5, 0.6) is 0 Å². The number of nitrogens with zero attached hydrogens (tertiary/aromatic N) is 3. The Morgan fingerprint density at radius 3 is 2.52 bits per heavy atom. The van der Waals surface area contributed by atoms with E-state index < -0.39 is 18.0 Å². The van der Waals surface area contributed by atoms with E-state index in [9.17, 15) is 17.6 Å². The van der Waals surface area contributed by atoms with Crippen molar-refractivity contribution >= 4 is 29.2 Å². The number of rotatable bonds is 3. The van der Waals surface area contributed by atoms with E-state index in [1.807, 2.05) is 0 Å². The molecule has 3 fully saturated rings. The molecule has 0 aromatic heterocycles. The summed E-state index contributed by atoms with van der Waals surface area (Å²) in [5, 5.41) is 0. The first-order chi connectivity index (χ1) is 13.9. The minimum absolute atomic E-state index is 0.0272. The quantitative estimate of drug-likeness (QED) is 0.550. The number of fused-ring (bicyclic) bond motifs is 1. The summed E-state index contributed by atoms with van der Waals surface area (Å²) in [5.41, 5.74) is 0.750. The van der Waals surface area contributed by atoms with Crippen molar-refractivity contribution in [2.24, 2.45) is 10.9 Å². The van der Waals surface area contributed by atoms with Crippen molar-refractivity contribution < 1.29 is 17.6 Å². The fourth-order valence-corrected chi connectivity index (χ4v) is 5.58. The lowest BCUT2D eigenvalue weighted by Crippen LogP contribution is -2.55. The second-order valence-electron chi connectivity index (χ2n) is 8.42. The Labute approximate surface area is 171 Å². The van der Waals surface area contributed by atoms with Gasteiger partial charge in [-0.05, 0) is 75.7 Å². The third-order valence-electron chi connectivity index (χ3n) is 6.40. The summed E-state index contributed by atoms with van der Waals surface area (Å²) in [5.74, 6) is 0.611. The average Bonchev–Trinajstić information content (AvgIpc) is 3.40. The van der Waals surface area contributed by atoms with Gasteiger partial charge in [0, 0.05) is 18.5 Å². The molecule has 0 spiro atoms. The van der Waals surface area contributed by atoms with Gasteiger partial charge in [-0.3, -0.25) is 0 Å². The van der Waals surface area contributed by atoms with Crippen LogP contribution in [0.2, 0.25) is 0 Å². The molecule has 2 atom stereocenters. The van der Waals surface area contributed by atoms with Crippen molar-refractivity contribution in [2.45, 2.75) is 61.7 Å². The van der Waals surface area contributed by atoms with Gasteiger partial charge >= 0.3 is 6.18 Å². The maximum absolute atomic E-state index is 14.3. The SMILES string of the molecule is Fc1cc2c(c(N3CC[C@H](N4CCCC4)C[C@@H]3C(F)(F)F)c1)N=C(C1CC1)NS2. The molecule has 29 heavy (non-hydrogen) atoms. The van der Waals surface area contributed by atoms with Crippen LogP contribution < -0.4 is 9.62 Å². The highest BCUT2D eigenvalue weighted by atomic mass is 32.2. The van der Waals surface area contributed by atoms with Crippen molar-refractivity contribution in [1.29, 1.82) is 0 Å². The van der Waals surface area contributed by atoms with E-state index in [0.717, 1.165) is 44.6 Å². The number of alkyl halides is 3. The molecule has 3 heterocycles. The van der Waals surface area contributed by atoms with E-state index in [1.165, 1.54) is 29.0 Å². The van der Waals surface area contributed by atoms with Crippen molar-refractivity contribution in [3.8, 4) is 0 Å². The van der Waals surface area contributed by atoms with Crippen LogP contribution in [-0.2, 0) is 0 Å². The molecule has 1 N–H and O–H groups in total. The molecule has 0 radical (unpaired) electrons. The van der Waals surface area contributed by atoms with E-state index in [-0.39, 0.29) is 24.7 Å². The molecule has 5 rings (SSSR count). The normalized spacial score (nSPS) is 28.1. The molecule has 0 amide bonds. The van der Waals surface area contributed by atoms with E-state index in [2.05, 4.69) is 14.6 Å². The van der Waals surface area contributed by atoms with Crippen molar-refractivity contribution in [3.63, 3.8) is 0 Å². The number of piperidine rings is 1. The Bertz CT molecular complexity index is 817. The molecule has 158 valence electrons. The topological polar surface area (TPSA) is 30.9 Å². The minimum Gasteiger partial charge on any atom is -0.358 e. The highest BCUT2D eigenvalue weighted by Gasteiger charge is 2.49. The van der Waals surface area contributed by atoms with Crippen LogP contribution in [0, 0.1) is 11.7 Å². The maximum Gasteiger partial charge on any atom is 0.408 e. The maximum atomic E-state index is 14.3. The molecule has 1 aromatic rings. The summed E-state index contributed by atoms with van der Waals surface area (Å²) in [6, 6.07) is 0.898. The van der Waals surface area contributed by atoms with Crippen LogP contribution in [-0.4, -0.2) is 48.6 Å². The lowest BCUT2D eigenvalue weighted by molar-refractivity contribution is -0.156. The monoisotopic (exact) mass is 428 g/mol. The molecule has 1 aromatic carbocycles. The predicted octanol–water partition coefficient (Wildman–Crippen LogP) is 4.87. The minimum atomic E-state index is -4.37. The van der Waals surface area contributed by atoms with Crippen LogP contribution in [0.1, 0.15) is 38.5 Å². The van der Waals surface area contributed by atoms with Gasteiger partial charge in [-0.25, -0.2) is 9.38 Å². The first-order valence-electron chi connectivity index (χ1n) is 10.3. The number of amidine groups is 1. The smallest absolute Gasteiger partial charge is 0.358 e. The third-order valence-corrected chi connectivity index (χ3v) is 7.24. The van der Waals surface area contributed by atoms with Crippen molar-refractivity contribution in [2.75, 3.05) is 24.5 Å². The summed E-state index contributed by atoms with van der Waals surface area (Å²) >= 11 is 1.25. The lowest BCUT2D eigenvalue weighted by atomic mass is 9.94. The number of benzene rings is 1. The summed E-state index contributed by atoms with van der Waals surface area (Å²) in [6.07, 6.45) is 0.478. The van der Waals surface area contributed by atoms with Crippen molar-refractivity contribution in [3.05, 3.63) is 17.9 Å². The van der Waals surface area contributed by atoms with Gasteiger partial charge in [-0.1, -0.05) is 0 Å². The molecule has 1 aliphatic carbocycles. The molecular weight excluding hydrogens is 404 g/mol. The molecule has 9 heteroatoms. The Kier molecular flexibility index (Phi) is 4.93. The molecule has 4 nitrogen and oxygen atoms in total. The Hall–Kier alpha value is -1.48. The van der Waals surface area contributed by atoms with E-state index in [4.69, 9.17) is 0 Å². The number of halogens is 4. The third kappa shape index (κ3) is 3.83. The molecule has 2 saturated heterocycles. The largest absolute Gasteiger partial charge is 0.408 e. The van der Waals surface area contributed by atoms with E-state index in [1.54, 1.807) is 0 Å². The van der Waals surface area contributed by atoms with Gasteiger partial charge in [0.2, 0.25) is 0 Å². The van der Waals surface area contributed by atoms with E-state index >= 15 is 0 Å². The second kappa shape index (κ2) is 7.34. The van der Waals surface area contributed by atoms with Crippen LogP contribution in [0.25, 0.3) is 0 Å². The first-order valence-corrected chi connectivity index (χ1v) is 11.1. The number of hydrogen-bond acceptors (Lipinski definition) is 5. The van der Waals surface area contributed by atoms with Crippen LogP contribution in [0.15, 0.2) is 22.0 Å². The summed E-state index contributed by atoms with van der Waals surface area (Å²) in [7, 11) is 0. The number of nitrogens with one attached hydrogen (secondary N) is 1. The van der Waals surface area contributed by atoms with Gasteiger partial charge < -0.3 is 14.5 Å². The molecule has 4 aliphatic rings. The van der Waals surface area contributed by atoms with Crippen LogP contribution >= 0.6 is 11.9 Å². The Balaban J connectivity index is 1.50. The number of anilines is 1. The van der Waals surface area contributed by atoms with Crippen molar-refractivity contribution in [1.82, 2.24) is 9.62 Å². The van der Waals surface area contributed by atoms with E-state index in [0.29, 0.717) is 22.9 Å². The summed E-state index contributed by atoms with van der Waals surface area (Å²) in [6.45, 7) is 2.01. The van der Waals surface area contributed by atoms with Gasteiger partial charge in [0.25, 0.3) is 0 Å². The zero-order chi connectivity index (χ0) is 20.2. The predicted molar refractivity (Wildman–Crippen MR) is 106 cm³/mol. The molecule has 0 bridgehead atoms. The first kappa shape index (κ1) is 19.5. The van der Waals surface area contributed by atoms with Gasteiger partial charge in [0.1, 0.15) is 23.4 Å². The summed E-state index contributed by atoms with van der Waals surface area (Å²) < 4.78 is 59.7. The number of hydrogen-bond donors (Lipinski definition) is 1. The van der Waals surface area contributed by atoms with Gasteiger partial charge in [-0.2, -0.15) is 13.2 Å². The zero-order valence-corrected chi connectivity index (χ0v) is 16.8. The zero-order valence-electron chi connectivity index (χ0n) is 16.0. The highest BCUT2D eigenvalue weighted by molar-refractivity contribution is 7.98. The molecular formula is C20H24F4N4S. The standard InChI is InChI=1S/C20H24F4N4S/c21-13-9-15(18-16(10-13)29-26-19(25-18)12-3-4-12)28-8-5-14(27-6-1-2-7-27)11-17(28)20(22,23)24/h9-10,12,14,17H,1-8,11H2,(H,25,26)/t14-,17+/m0/s1. The average molecular weight is 428 g/mol. The van der Waals surface area contributed by atoms with Crippen LogP contribution in [0.4, 0.5) is 28.9 Å². The number of likely N-dealkylation sites (tertiary alicyclic amines) is 1. The fraction of sp³-hybridized carbons (Fsp3) is 0.650. The molecule has 0 unspecified atom stereocenters. The Morgan fingerprint density at radius 2 is 1.83 bits per heavy atom. The van der Waals surface area contributed by atoms with Gasteiger partial charge in [-0.15, -0.1) is 0 Å². The van der Waals surface area contributed by atoms with Gasteiger partial charge in [0.05, 0.1) is 10.6 Å². The molecule has 3 aliphatic heterocycles. The Morgan fingerprint density at radius 1 is 1.07 bits per heavy atom. The lowest BCUT2D eigenvalue weighted by Gasteiger charge is -2.44. The molecule has 1 saturated carbocycles. The number of aliphatic imine (C=N–C) groups is 1.